The molecule has 0 radical (unpaired) electrons. The molecule has 1 aliphatic heterocycles. The molecule has 1 fully saturated rings. The van der Waals surface area contributed by atoms with Gasteiger partial charge in [0.25, 0.3) is 0 Å². The molecule has 1 heterocycles. The van der Waals surface area contributed by atoms with Crippen molar-refractivity contribution in [1.82, 2.24) is 10.2 Å². The first-order valence-electron chi connectivity index (χ1n) is 12.0. The summed E-state index contributed by atoms with van der Waals surface area (Å²) in [4.78, 5) is 14.9. The van der Waals surface area contributed by atoms with E-state index in [1.807, 2.05) is 42.5 Å². The number of likely N-dealkylation sites (tertiary alicyclic amines) is 1. The number of halogens is 2. The summed E-state index contributed by atoms with van der Waals surface area (Å²) in [5.74, 6) is -0.0705. The smallest absolute Gasteiger partial charge is 0.319 e. The van der Waals surface area contributed by atoms with Gasteiger partial charge in [-0.15, -0.1) is 0 Å². The van der Waals surface area contributed by atoms with Crippen LogP contribution in [0.4, 0.5) is 19.3 Å². The van der Waals surface area contributed by atoms with Crippen molar-refractivity contribution in [3.05, 3.63) is 102 Å². The first-order chi connectivity index (χ1) is 17.0. The second-order valence-corrected chi connectivity index (χ2v) is 9.14. The number of hydrogen-bond acceptors (Lipinski definition) is 3. The summed E-state index contributed by atoms with van der Waals surface area (Å²) in [7, 11) is 0. The number of anilines is 1. The van der Waals surface area contributed by atoms with E-state index in [2.05, 4.69) is 15.5 Å². The number of β-amino-alcohol motifs (C(OH)–C–C–N with tert-alkyl or cyclic N) is 1. The Morgan fingerprint density at radius 3 is 2.14 bits per heavy atom. The molecule has 184 valence electrons. The molecule has 0 aromatic heterocycles. The number of nitrogens with zero attached hydrogens (tertiary/aromatic N) is 1. The molecular formula is C28H31F2N3O2. The Labute approximate surface area is 204 Å². The zero-order chi connectivity index (χ0) is 24.6. The van der Waals surface area contributed by atoms with Crippen LogP contribution in [0.25, 0.3) is 0 Å². The number of urea groups is 1. The summed E-state index contributed by atoms with van der Waals surface area (Å²) in [6.07, 6.45) is 2.11. The molecule has 2 unspecified atom stereocenters. The lowest BCUT2D eigenvalue weighted by Gasteiger charge is -2.35. The summed E-state index contributed by atoms with van der Waals surface area (Å²) < 4.78 is 26.3. The molecule has 4 rings (SSSR count). The average molecular weight is 480 g/mol. The van der Waals surface area contributed by atoms with Crippen LogP contribution < -0.4 is 10.6 Å². The number of amides is 2. The summed E-state index contributed by atoms with van der Waals surface area (Å²) in [6, 6.07) is 20.5. The van der Waals surface area contributed by atoms with Gasteiger partial charge < -0.3 is 20.6 Å². The minimum Gasteiger partial charge on any atom is -0.389 e. The number of carbonyl (C=O) groups is 1. The highest BCUT2D eigenvalue weighted by molar-refractivity contribution is 5.89. The van der Waals surface area contributed by atoms with Gasteiger partial charge in [0.15, 0.2) is 0 Å². The Morgan fingerprint density at radius 1 is 0.914 bits per heavy atom. The average Bonchev–Trinajstić information content (AvgIpc) is 2.87. The summed E-state index contributed by atoms with van der Waals surface area (Å²) in [5, 5.41) is 16.7. The minimum atomic E-state index is -0.815. The molecule has 1 saturated heterocycles. The third-order valence-electron chi connectivity index (χ3n) is 6.52. The van der Waals surface area contributed by atoms with Gasteiger partial charge in [0, 0.05) is 12.2 Å². The highest BCUT2D eigenvalue weighted by Crippen LogP contribution is 2.24. The molecule has 0 spiro atoms. The highest BCUT2D eigenvalue weighted by Gasteiger charge is 2.27. The van der Waals surface area contributed by atoms with E-state index in [4.69, 9.17) is 0 Å². The van der Waals surface area contributed by atoms with Crippen molar-refractivity contribution in [3.8, 4) is 0 Å². The first-order valence-corrected chi connectivity index (χ1v) is 12.0. The molecule has 0 aliphatic carbocycles. The lowest BCUT2D eigenvalue weighted by atomic mass is 9.90. The number of aliphatic hydroxyl groups is 1. The maximum atomic E-state index is 13.2. The van der Waals surface area contributed by atoms with Crippen LogP contribution in [0.1, 0.15) is 30.0 Å². The second-order valence-electron chi connectivity index (χ2n) is 9.14. The van der Waals surface area contributed by atoms with E-state index in [-0.39, 0.29) is 11.6 Å². The molecule has 1 aliphatic rings. The Balaban J connectivity index is 1.33. The molecular weight excluding hydrogens is 448 g/mol. The minimum absolute atomic E-state index is 0.217. The molecule has 5 nitrogen and oxygen atoms in total. The Hall–Kier alpha value is -3.29. The van der Waals surface area contributed by atoms with E-state index >= 15 is 0 Å². The fourth-order valence-corrected chi connectivity index (χ4v) is 4.60. The van der Waals surface area contributed by atoms with Gasteiger partial charge in [0.2, 0.25) is 0 Å². The molecule has 2 amide bonds. The first kappa shape index (κ1) is 24.8. The molecule has 0 bridgehead atoms. The molecule has 3 N–H and O–H groups in total. The standard InChI is InChI=1S/C28H31F2N3O2/c29-23-8-6-20(7-9-23)18-21-14-16-33(17-15-21)19-26(34)27(22-4-2-1-3-5-22)32-28(35)31-25-12-10-24(30)11-13-25/h1-13,21,26-27,34H,14-19H2,(H2,31,32,35). The molecule has 35 heavy (non-hydrogen) atoms. The van der Waals surface area contributed by atoms with E-state index in [0.29, 0.717) is 18.2 Å². The van der Waals surface area contributed by atoms with Gasteiger partial charge in [-0.25, -0.2) is 13.6 Å². The van der Waals surface area contributed by atoms with E-state index in [9.17, 15) is 18.7 Å². The molecule has 7 heteroatoms. The fraction of sp³-hybridized carbons (Fsp3) is 0.321. The van der Waals surface area contributed by atoms with Crippen molar-refractivity contribution in [2.24, 2.45) is 5.92 Å². The van der Waals surface area contributed by atoms with Gasteiger partial charge in [0.1, 0.15) is 11.6 Å². The Kier molecular flexibility index (Phi) is 8.45. The molecule has 3 aromatic carbocycles. The maximum Gasteiger partial charge on any atom is 0.319 e. The van der Waals surface area contributed by atoms with Crippen LogP contribution in [0, 0.1) is 17.6 Å². The van der Waals surface area contributed by atoms with Gasteiger partial charge in [-0.05, 0) is 85.8 Å². The van der Waals surface area contributed by atoms with Crippen molar-refractivity contribution in [2.45, 2.75) is 31.4 Å². The van der Waals surface area contributed by atoms with Crippen molar-refractivity contribution in [3.63, 3.8) is 0 Å². The zero-order valence-corrected chi connectivity index (χ0v) is 19.5. The van der Waals surface area contributed by atoms with E-state index in [1.165, 1.54) is 36.4 Å². The van der Waals surface area contributed by atoms with Gasteiger partial charge >= 0.3 is 6.03 Å². The van der Waals surface area contributed by atoms with Crippen molar-refractivity contribution in [1.29, 1.82) is 0 Å². The highest BCUT2D eigenvalue weighted by atomic mass is 19.1. The normalized spacial score (nSPS) is 16.4. The van der Waals surface area contributed by atoms with Crippen LogP contribution >= 0.6 is 0 Å². The van der Waals surface area contributed by atoms with Gasteiger partial charge in [-0.3, -0.25) is 0 Å². The number of piperidine rings is 1. The zero-order valence-electron chi connectivity index (χ0n) is 19.5. The molecule has 3 aromatic rings. The second kappa shape index (κ2) is 11.9. The Bertz CT molecular complexity index is 1070. The summed E-state index contributed by atoms with van der Waals surface area (Å²) >= 11 is 0. The predicted molar refractivity (Wildman–Crippen MR) is 133 cm³/mol. The van der Waals surface area contributed by atoms with Gasteiger partial charge in [-0.1, -0.05) is 42.5 Å². The van der Waals surface area contributed by atoms with Crippen LogP contribution in [0.15, 0.2) is 78.9 Å². The van der Waals surface area contributed by atoms with Crippen molar-refractivity contribution < 1.29 is 18.7 Å². The van der Waals surface area contributed by atoms with Crippen LogP contribution in [0.2, 0.25) is 0 Å². The summed E-state index contributed by atoms with van der Waals surface area (Å²) in [5.41, 5.74) is 2.42. The Morgan fingerprint density at radius 2 is 1.51 bits per heavy atom. The number of nitrogens with one attached hydrogen (secondary N) is 2. The predicted octanol–water partition coefficient (Wildman–Crippen LogP) is 5.14. The third-order valence-corrected chi connectivity index (χ3v) is 6.52. The number of benzene rings is 3. The quantitative estimate of drug-likeness (QED) is 0.419. The molecule has 2 atom stereocenters. The van der Waals surface area contributed by atoms with E-state index in [1.54, 1.807) is 0 Å². The SMILES string of the molecule is O=C(Nc1ccc(F)cc1)NC(c1ccccc1)C(O)CN1CCC(Cc2ccc(F)cc2)CC1. The van der Waals surface area contributed by atoms with Crippen molar-refractivity contribution in [2.75, 3.05) is 25.0 Å². The number of rotatable bonds is 8. The summed E-state index contributed by atoms with van der Waals surface area (Å²) in [6.45, 7) is 2.14. The number of carbonyl (C=O) groups excluding carboxylic acids is 1. The van der Waals surface area contributed by atoms with Crippen LogP contribution in [-0.4, -0.2) is 41.8 Å². The van der Waals surface area contributed by atoms with Gasteiger partial charge in [0.05, 0.1) is 12.1 Å². The fourth-order valence-electron chi connectivity index (χ4n) is 4.60. The number of aliphatic hydroxyl groups excluding tert-OH is 1. The third kappa shape index (κ3) is 7.34. The van der Waals surface area contributed by atoms with Crippen LogP contribution in [0.3, 0.4) is 0 Å². The largest absolute Gasteiger partial charge is 0.389 e. The molecule has 0 saturated carbocycles. The van der Waals surface area contributed by atoms with E-state index in [0.717, 1.165) is 43.5 Å². The number of hydrogen-bond donors (Lipinski definition) is 3. The van der Waals surface area contributed by atoms with E-state index < -0.39 is 18.2 Å². The topological polar surface area (TPSA) is 64.6 Å². The van der Waals surface area contributed by atoms with Crippen LogP contribution in [-0.2, 0) is 6.42 Å². The van der Waals surface area contributed by atoms with Crippen molar-refractivity contribution >= 4 is 11.7 Å². The van der Waals surface area contributed by atoms with Crippen LogP contribution in [0.5, 0.6) is 0 Å². The monoisotopic (exact) mass is 479 g/mol. The lowest BCUT2D eigenvalue weighted by Crippen LogP contribution is -2.46. The maximum absolute atomic E-state index is 13.2. The lowest BCUT2D eigenvalue weighted by molar-refractivity contribution is 0.0657. The van der Waals surface area contributed by atoms with Gasteiger partial charge in [-0.2, -0.15) is 0 Å².